The fourth-order valence-corrected chi connectivity index (χ4v) is 1.12. The summed E-state index contributed by atoms with van der Waals surface area (Å²) in [4.78, 5) is 21.8. The maximum absolute atomic E-state index is 11.2. The standard InChI is InChI=1S/C8H13N3O2/c1-3-7-6(4-9-5(2)12)8(13)11-10-7/h3-4H2,1-2H3,(H,9,12)(H2,10,11,13). The summed E-state index contributed by atoms with van der Waals surface area (Å²) in [5.41, 5.74) is 1.29. The van der Waals surface area contributed by atoms with Crippen molar-refractivity contribution < 1.29 is 4.79 Å². The Hall–Kier alpha value is -1.52. The lowest BCUT2D eigenvalue weighted by atomic mass is 10.2. The Morgan fingerprint density at radius 1 is 1.46 bits per heavy atom. The Bertz CT molecular complexity index is 351. The zero-order valence-corrected chi connectivity index (χ0v) is 7.73. The van der Waals surface area contributed by atoms with Gasteiger partial charge < -0.3 is 10.4 Å². The number of H-pyrrole nitrogens is 2. The molecule has 0 saturated carbocycles. The number of carbonyl (C=O) groups is 1. The van der Waals surface area contributed by atoms with Gasteiger partial charge in [-0.3, -0.25) is 14.7 Å². The van der Waals surface area contributed by atoms with E-state index in [1.54, 1.807) is 0 Å². The van der Waals surface area contributed by atoms with E-state index < -0.39 is 0 Å². The van der Waals surface area contributed by atoms with Crippen LogP contribution in [0.1, 0.15) is 25.1 Å². The van der Waals surface area contributed by atoms with Gasteiger partial charge in [0.05, 0.1) is 12.1 Å². The van der Waals surface area contributed by atoms with Crippen LogP contribution in [0.5, 0.6) is 0 Å². The van der Waals surface area contributed by atoms with Crippen molar-refractivity contribution >= 4 is 5.91 Å². The number of hydrogen-bond donors (Lipinski definition) is 3. The predicted octanol–water partition coefficient (Wildman–Crippen LogP) is -0.0985. The van der Waals surface area contributed by atoms with Gasteiger partial charge in [-0.05, 0) is 6.42 Å². The van der Waals surface area contributed by atoms with Gasteiger partial charge >= 0.3 is 0 Å². The van der Waals surface area contributed by atoms with Crippen molar-refractivity contribution in [3.05, 3.63) is 21.6 Å². The molecule has 1 aromatic heterocycles. The van der Waals surface area contributed by atoms with Crippen LogP contribution < -0.4 is 10.9 Å². The van der Waals surface area contributed by atoms with Crippen LogP contribution in [0.3, 0.4) is 0 Å². The molecule has 0 unspecified atom stereocenters. The Kier molecular flexibility index (Phi) is 2.89. The molecule has 0 aromatic carbocycles. The number of hydrogen-bond acceptors (Lipinski definition) is 2. The van der Waals surface area contributed by atoms with E-state index >= 15 is 0 Å². The first-order valence-corrected chi connectivity index (χ1v) is 4.18. The minimum atomic E-state index is -0.161. The molecule has 5 nitrogen and oxygen atoms in total. The fourth-order valence-electron chi connectivity index (χ4n) is 1.12. The first kappa shape index (κ1) is 9.57. The molecule has 13 heavy (non-hydrogen) atoms. The second-order valence-corrected chi connectivity index (χ2v) is 2.80. The molecule has 0 radical (unpaired) electrons. The summed E-state index contributed by atoms with van der Waals surface area (Å²) in [6.07, 6.45) is 0.744. The van der Waals surface area contributed by atoms with E-state index in [4.69, 9.17) is 0 Å². The summed E-state index contributed by atoms with van der Waals surface area (Å²) >= 11 is 0. The second-order valence-electron chi connectivity index (χ2n) is 2.80. The largest absolute Gasteiger partial charge is 0.352 e. The summed E-state index contributed by atoms with van der Waals surface area (Å²) < 4.78 is 0. The van der Waals surface area contributed by atoms with Crippen LogP contribution in [0.25, 0.3) is 0 Å². The van der Waals surface area contributed by atoms with E-state index in [0.717, 1.165) is 12.1 Å². The Labute approximate surface area is 75.5 Å². The van der Waals surface area contributed by atoms with Gasteiger partial charge in [0.25, 0.3) is 5.56 Å². The van der Waals surface area contributed by atoms with Gasteiger partial charge in [-0.15, -0.1) is 0 Å². The molecule has 72 valence electrons. The Morgan fingerprint density at radius 2 is 2.15 bits per heavy atom. The monoisotopic (exact) mass is 183 g/mol. The predicted molar refractivity (Wildman–Crippen MR) is 48.3 cm³/mol. The van der Waals surface area contributed by atoms with E-state index in [9.17, 15) is 9.59 Å². The summed E-state index contributed by atoms with van der Waals surface area (Å²) in [6.45, 7) is 3.65. The third-order valence-electron chi connectivity index (χ3n) is 1.83. The normalized spacial score (nSPS) is 10.0. The van der Waals surface area contributed by atoms with Gasteiger partial charge in [0.15, 0.2) is 0 Å². The minimum Gasteiger partial charge on any atom is -0.352 e. The number of nitrogens with one attached hydrogen (secondary N) is 3. The SMILES string of the molecule is CCc1[nH][nH]c(=O)c1CNC(C)=O. The minimum absolute atomic E-state index is 0.136. The number of aryl methyl sites for hydroxylation is 1. The average Bonchev–Trinajstić information content (AvgIpc) is 2.43. The van der Waals surface area contributed by atoms with Crippen molar-refractivity contribution in [2.24, 2.45) is 0 Å². The van der Waals surface area contributed by atoms with Gasteiger partial charge in [-0.25, -0.2) is 0 Å². The van der Waals surface area contributed by atoms with Crippen LogP contribution in [-0.4, -0.2) is 16.1 Å². The topological polar surface area (TPSA) is 77.8 Å². The van der Waals surface area contributed by atoms with Crippen LogP contribution in [-0.2, 0) is 17.8 Å². The highest BCUT2D eigenvalue weighted by atomic mass is 16.1. The van der Waals surface area contributed by atoms with Crippen LogP contribution >= 0.6 is 0 Å². The van der Waals surface area contributed by atoms with Gasteiger partial charge in [-0.2, -0.15) is 0 Å². The molecule has 0 aliphatic rings. The quantitative estimate of drug-likeness (QED) is 0.612. The number of aromatic nitrogens is 2. The average molecular weight is 183 g/mol. The highest BCUT2D eigenvalue weighted by molar-refractivity contribution is 5.72. The zero-order chi connectivity index (χ0) is 9.84. The zero-order valence-electron chi connectivity index (χ0n) is 7.73. The number of rotatable bonds is 3. The molecule has 0 aliphatic carbocycles. The third-order valence-corrected chi connectivity index (χ3v) is 1.83. The maximum atomic E-state index is 11.2. The molecule has 1 aromatic rings. The molecule has 0 bridgehead atoms. The molecule has 0 atom stereocenters. The van der Waals surface area contributed by atoms with Gasteiger partial charge in [0, 0.05) is 12.6 Å². The highest BCUT2D eigenvalue weighted by Crippen LogP contribution is 1.99. The summed E-state index contributed by atoms with van der Waals surface area (Å²) in [5.74, 6) is -0.136. The molecule has 5 heteroatoms. The molecule has 1 amide bonds. The molecule has 3 N–H and O–H groups in total. The van der Waals surface area contributed by atoms with Gasteiger partial charge in [0.1, 0.15) is 0 Å². The second kappa shape index (κ2) is 3.93. The van der Waals surface area contributed by atoms with Crippen molar-refractivity contribution in [2.75, 3.05) is 0 Å². The van der Waals surface area contributed by atoms with E-state index in [2.05, 4.69) is 15.5 Å². The summed E-state index contributed by atoms with van der Waals surface area (Å²) in [6, 6.07) is 0. The number of aromatic amines is 2. The van der Waals surface area contributed by atoms with E-state index in [0.29, 0.717) is 5.56 Å². The lowest BCUT2D eigenvalue weighted by molar-refractivity contribution is -0.119. The lowest BCUT2D eigenvalue weighted by Crippen LogP contribution is -2.23. The molecular formula is C8H13N3O2. The van der Waals surface area contributed by atoms with Crippen LogP contribution in [0.4, 0.5) is 0 Å². The Morgan fingerprint density at radius 3 is 2.69 bits per heavy atom. The molecule has 0 aliphatic heterocycles. The summed E-state index contributed by atoms with van der Waals surface area (Å²) in [5, 5.41) is 7.82. The maximum Gasteiger partial charge on any atom is 0.269 e. The van der Waals surface area contributed by atoms with Gasteiger partial charge in [0.2, 0.25) is 5.91 Å². The van der Waals surface area contributed by atoms with Crippen LogP contribution in [0.2, 0.25) is 0 Å². The lowest BCUT2D eigenvalue weighted by Gasteiger charge is -1.99. The Balaban J connectivity index is 2.79. The first-order valence-electron chi connectivity index (χ1n) is 4.18. The van der Waals surface area contributed by atoms with Crippen LogP contribution in [0.15, 0.2) is 4.79 Å². The molecule has 1 heterocycles. The van der Waals surface area contributed by atoms with E-state index in [1.165, 1.54) is 6.92 Å². The molecule has 0 fully saturated rings. The van der Waals surface area contributed by atoms with Crippen molar-refractivity contribution in [2.45, 2.75) is 26.8 Å². The highest BCUT2D eigenvalue weighted by Gasteiger charge is 2.07. The van der Waals surface area contributed by atoms with E-state index in [1.807, 2.05) is 6.92 Å². The van der Waals surface area contributed by atoms with E-state index in [-0.39, 0.29) is 18.0 Å². The van der Waals surface area contributed by atoms with Gasteiger partial charge in [-0.1, -0.05) is 6.92 Å². The van der Waals surface area contributed by atoms with Crippen LogP contribution in [0, 0.1) is 0 Å². The first-order chi connectivity index (χ1) is 6.15. The molecule has 1 rings (SSSR count). The molecule has 0 spiro atoms. The number of carbonyl (C=O) groups excluding carboxylic acids is 1. The summed E-state index contributed by atoms with van der Waals surface area (Å²) in [7, 11) is 0. The molecular weight excluding hydrogens is 170 g/mol. The van der Waals surface area contributed by atoms with Crippen molar-refractivity contribution in [1.29, 1.82) is 0 Å². The smallest absolute Gasteiger partial charge is 0.269 e. The van der Waals surface area contributed by atoms with Crippen molar-refractivity contribution in [1.82, 2.24) is 15.5 Å². The molecule has 0 saturated heterocycles. The fraction of sp³-hybridized carbons (Fsp3) is 0.500. The number of amides is 1. The van der Waals surface area contributed by atoms with Crippen molar-refractivity contribution in [3.8, 4) is 0 Å². The van der Waals surface area contributed by atoms with Crippen molar-refractivity contribution in [3.63, 3.8) is 0 Å². The third kappa shape index (κ3) is 2.21.